The summed E-state index contributed by atoms with van der Waals surface area (Å²) in [5, 5.41) is 8.57. The molecule has 2 atom stereocenters. The summed E-state index contributed by atoms with van der Waals surface area (Å²) in [5.41, 5.74) is 23.6. The summed E-state index contributed by atoms with van der Waals surface area (Å²) in [7, 11) is -0.241. The van der Waals surface area contributed by atoms with E-state index in [1.165, 1.54) is 67.0 Å². The van der Waals surface area contributed by atoms with E-state index >= 15 is 0 Å². The van der Waals surface area contributed by atoms with Crippen molar-refractivity contribution in [2.75, 3.05) is 0 Å². The van der Waals surface area contributed by atoms with Gasteiger partial charge >= 0.3 is 19.4 Å². The topological polar surface area (TPSA) is 155 Å². The van der Waals surface area contributed by atoms with E-state index < -0.39 is 0 Å². The first-order valence-electron chi connectivity index (χ1n) is 33.7. The largest absolute Gasteiger partial charge is 0.489 e. The van der Waals surface area contributed by atoms with Crippen LogP contribution in [0.2, 0.25) is 0 Å². The quantitative estimate of drug-likeness (QED) is 0.102. The smallest absolute Gasteiger partial charge is 0.400 e. The zero-order valence-electron chi connectivity index (χ0n) is 61.4. The lowest BCUT2D eigenvalue weighted by atomic mass is 9.81. The van der Waals surface area contributed by atoms with Crippen molar-refractivity contribution in [3.8, 4) is 22.3 Å². The third kappa shape index (κ3) is 18.9. The minimum atomic E-state index is -0.241. The Morgan fingerprint density at radius 2 is 0.880 bits per heavy atom. The number of aromatic nitrogens is 2. The van der Waals surface area contributed by atoms with Gasteiger partial charge in [0.2, 0.25) is 0 Å². The standard InChI is InChI=1S/C39H42N2O.C36H37BrN2O.C9H17BO2.2CO2/c1-25(2)31-12-11-13-32(22-31)27(4)40-38(42)33-20-21-37-35(23-33)26(3)28(5)41(37)24-29-16-18-30(19-17-29)34-14-9-10-15-36(34)39(6,7)8;1-23-25(3)39(22-26-14-16-27(17-15-26)31-12-7-8-13-33(31)36(4,5)6)34-19-18-29(21-32(23)34)35(40)38-24(2)28-10-9-11-30(37)20-28;1-7(2)10-11-8(3,4)9(5,6)12-10;2*2-1-3/h9-23,27H,1,24H2,2-8H3,(H,40,42);7-21,24H,22H2,1-6H3,(H,38,40);1H2,2-6H3;;/t27-;24-;;;/m00.../s1. The van der Waals surface area contributed by atoms with Crippen LogP contribution in [0.15, 0.2) is 205 Å². The van der Waals surface area contributed by atoms with Gasteiger partial charge in [-0.2, -0.15) is 19.2 Å². The molecule has 100 heavy (non-hydrogen) atoms. The molecule has 1 fully saturated rings. The zero-order valence-corrected chi connectivity index (χ0v) is 63.0. The third-order valence-corrected chi connectivity index (χ3v) is 19.6. The number of carbonyl (C=O) groups excluding carboxylic acids is 6. The van der Waals surface area contributed by atoms with Gasteiger partial charge in [0.15, 0.2) is 0 Å². The van der Waals surface area contributed by atoms with Gasteiger partial charge in [-0.15, -0.1) is 6.58 Å². The van der Waals surface area contributed by atoms with Gasteiger partial charge in [0.25, 0.3) is 11.8 Å². The number of amides is 2. The Labute approximate surface area is 600 Å². The first kappa shape index (κ1) is 77.8. The second-order valence-corrected chi connectivity index (χ2v) is 29.9. The van der Waals surface area contributed by atoms with Crippen LogP contribution in [0.5, 0.6) is 0 Å². The molecule has 0 bridgehead atoms. The molecule has 2 amide bonds. The van der Waals surface area contributed by atoms with Gasteiger partial charge in [-0.25, -0.2) is 0 Å². The Morgan fingerprint density at radius 1 is 0.510 bits per heavy atom. The summed E-state index contributed by atoms with van der Waals surface area (Å²) in [4.78, 5) is 58.9. The average Bonchev–Trinajstić information content (AvgIpc) is 1.59. The molecule has 0 radical (unpaired) electrons. The first-order valence-corrected chi connectivity index (χ1v) is 34.5. The minimum Gasteiger partial charge on any atom is -0.400 e. The number of fused-ring (bicyclic) bond motifs is 2. The normalized spacial score (nSPS) is 13.4. The van der Waals surface area contributed by atoms with Gasteiger partial charge in [0, 0.05) is 61.9 Å². The van der Waals surface area contributed by atoms with Crippen LogP contribution in [0.25, 0.3) is 49.6 Å². The van der Waals surface area contributed by atoms with Crippen LogP contribution in [0.1, 0.15) is 191 Å². The third-order valence-electron chi connectivity index (χ3n) is 19.1. The Balaban J connectivity index is 0.000000226. The molecule has 1 aliphatic heterocycles. The minimum absolute atomic E-state index is 0.0645. The van der Waals surface area contributed by atoms with Crippen LogP contribution in [0, 0.1) is 27.7 Å². The van der Waals surface area contributed by atoms with Crippen molar-refractivity contribution in [3.63, 3.8) is 0 Å². The predicted octanol–water partition coefficient (Wildman–Crippen LogP) is 20.3. The molecule has 2 aromatic heterocycles. The lowest BCUT2D eigenvalue weighted by Gasteiger charge is -2.32. The number of allylic oxidation sites excluding steroid dienone is 2. The number of halogens is 1. The molecular weight excluding hydrogens is 1310 g/mol. The fourth-order valence-corrected chi connectivity index (χ4v) is 12.7. The Hall–Kier alpha value is -9.52. The summed E-state index contributed by atoms with van der Waals surface area (Å²) in [5.74, 6) is -0.133. The number of hydrogen-bond acceptors (Lipinski definition) is 8. The summed E-state index contributed by atoms with van der Waals surface area (Å²) in [6.45, 7) is 47.7. The summed E-state index contributed by atoms with van der Waals surface area (Å²) >= 11 is 3.52. The Kier molecular flexibility index (Phi) is 25.8. The maximum atomic E-state index is 13.3. The lowest BCUT2D eigenvalue weighted by Crippen LogP contribution is -2.41. The molecule has 14 heteroatoms. The molecule has 0 spiro atoms. The van der Waals surface area contributed by atoms with E-state index in [2.05, 4.69) is 233 Å². The van der Waals surface area contributed by atoms with E-state index in [0.29, 0.717) is 11.1 Å². The number of rotatable bonds is 14. The van der Waals surface area contributed by atoms with Gasteiger partial charge in [-0.3, -0.25) is 9.59 Å². The van der Waals surface area contributed by atoms with Gasteiger partial charge in [0.1, 0.15) is 0 Å². The molecule has 2 N–H and O–H groups in total. The number of carbonyl (C=O) groups is 2. The fourth-order valence-electron chi connectivity index (χ4n) is 12.3. The summed E-state index contributed by atoms with van der Waals surface area (Å²) in [6, 6.07) is 63.5. The molecule has 0 unspecified atom stereocenters. The molecular formula is C86H96BBrN4O8. The zero-order chi connectivity index (χ0) is 73.8. The molecule has 11 rings (SSSR count). The molecule has 1 saturated heterocycles. The van der Waals surface area contributed by atoms with Crippen molar-refractivity contribution in [1.82, 2.24) is 19.8 Å². The second-order valence-electron chi connectivity index (χ2n) is 29.0. The van der Waals surface area contributed by atoms with Gasteiger partial charge in [-0.1, -0.05) is 202 Å². The number of nitrogens with zero attached hydrogens (tertiary/aromatic N) is 2. The highest BCUT2D eigenvalue weighted by Crippen LogP contribution is 2.39. The van der Waals surface area contributed by atoms with E-state index in [4.69, 9.17) is 28.5 Å². The molecule has 0 saturated carbocycles. The van der Waals surface area contributed by atoms with Crippen molar-refractivity contribution in [2.45, 2.75) is 172 Å². The lowest BCUT2D eigenvalue weighted by molar-refractivity contribution is -0.193. The van der Waals surface area contributed by atoms with Gasteiger partial charge < -0.3 is 29.1 Å². The van der Waals surface area contributed by atoms with E-state index in [9.17, 15) is 9.59 Å². The highest BCUT2D eigenvalue weighted by atomic mass is 79.9. The van der Waals surface area contributed by atoms with Crippen LogP contribution in [-0.4, -0.2) is 51.6 Å². The second kappa shape index (κ2) is 33.1. The molecule has 3 heterocycles. The van der Waals surface area contributed by atoms with Crippen LogP contribution in [0.4, 0.5) is 0 Å². The van der Waals surface area contributed by atoms with Crippen LogP contribution in [0.3, 0.4) is 0 Å². The highest BCUT2D eigenvalue weighted by molar-refractivity contribution is 9.10. The summed E-state index contributed by atoms with van der Waals surface area (Å²) in [6.07, 6.45) is 0.500. The van der Waals surface area contributed by atoms with E-state index in [1.807, 2.05) is 122 Å². The molecule has 1 aliphatic rings. The average molecular weight is 1400 g/mol. The van der Waals surface area contributed by atoms with Crippen molar-refractivity contribution >= 4 is 74.5 Å². The number of hydrogen-bond donors (Lipinski definition) is 2. The van der Waals surface area contributed by atoms with Gasteiger partial charge in [-0.05, 0) is 221 Å². The number of aryl methyl sites for hydroxylation is 2. The monoisotopic (exact) mass is 1400 g/mol. The van der Waals surface area contributed by atoms with Gasteiger partial charge in [0.05, 0.1) is 23.3 Å². The maximum Gasteiger partial charge on any atom is 0.489 e. The molecule has 518 valence electrons. The molecule has 8 aromatic carbocycles. The molecule has 10 aromatic rings. The first-order chi connectivity index (χ1) is 47.0. The van der Waals surface area contributed by atoms with Crippen molar-refractivity contribution < 1.29 is 38.1 Å². The van der Waals surface area contributed by atoms with E-state index in [-0.39, 0.29) is 65.4 Å². The summed E-state index contributed by atoms with van der Waals surface area (Å²) < 4.78 is 17.1. The highest BCUT2D eigenvalue weighted by Gasteiger charge is 2.51. The fraction of sp³-hybridized carbons (Fsp3) is 0.302. The van der Waals surface area contributed by atoms with E-state index in [0.717, 1.165) is 67.1 Å². The predicted molar refractivity (Wildman–Crippen MR) is 410 cm³/mol. The van der Waals surface area contributed by atoms with Crippen LogP contribution < -0.4 is 10.6 Å². The maximum absolute atomic E-state index is 13.3. The number of nitrogens with one attached hydrogen (secondary N) is 2. The van der Waals surface area contributed by atoms with Crippen molar-refractivity contribution in [1.29, 1.82) is 0 Å². The Morgan fingerprint density at radius 3 is 1.23 bits per heavy atom. The number of benzene rings is 8. The van der Waals surface area contributed by atoms with Crippen LogP contribution in [-0.2, 0) is 52.4 Å². The van der Waals surface area contributed by atoms with E-state index in [1.54, 1.807) is 0 Å². The Bertz CT molecular complexity index is 4640. The molecule has 12 nitrogen and oxygen atoms in total. The SMILES string of the molecule is C=C(C)B1OC(C)(C)C(C)(C)O1.C=C(C)c1cccc([C@H](C)NC(=O)c2ccc3c(c2)c(C)c(C)n3Cc2ccc(-c3ccccc3C(C)(C)C)cc2)c1.Cc1c(C)n(Cc2ccc(-c3ccccc3C(C)(C)C)cc2)c2ccc(C(=O)N[C@@H](C)c3cccc(Br)c3)cc12.O=C=O.O=C=O. The van der Waals surface area contributed by atoms with Crippen molar-refractivity contribution in [3.05, 3.63) is 278 Å². The molecule has 0 aliphatic carbocycles. The van der Waals surface area contributed by atoms with Crippen LogP contribution >= 0.6 is 15.9 Å². The van der Waals surface area contributed by atoms with Crippen molar-refractivity contribution in [2.24, 2.45) is 0 Å².